The molecule has 0 fully saturated rings. The Labute approximate surface area is 78.9 Å². The van der Waals surface area contributed by atoms with Crippen LogP contribution in [0.15, 0.2) is 18.5 Å². The minimum absolute atomic E-state index is 0.311. The lowest BCUT2D eigenvalue weighted by molar-refractivity contribution is 1.04. The van der Waals surface area contributed by atoms with Gasteiger partial charge in [0.1, 0.15) is 0 Å². The zero-order chi connectivity index (χ0) is 9.26. The van der Waals surface area contributed by atoms with E-state index < -0.39 is 0 Å². The van der Waals surface area contributed by atoms with E-state index in [2.05, 4.69) is 20.4 Å². The molecule has 2 rings (SSSR count). The number of H-pyrrole nitrogens is 1. The second kappa shape index (κ2) is 3.02. The number of nitrogens with zero attached hydrogens (tertiary/aromatic N) is 3. The van der Waals surface area contributed by atoms with Gasteiger partial charge >= 0.3 is 0 Å². The maximum atomic E-state index is 5.67. The van der Waals surface area contributed by atoms with E-state index in [1.165, 1.54) is 0 Å². The first-order chi connectivity index (χ1) is 6.27. The first kappa shape index (κ1) is 8.00. The largest absolute Gasteiger partial charge is 0.382 e. The van der Waals surface area contributed by atoms with Gasteiger partial charge in [-0.25, -0.2) is 0 Å². The van der Waals surface area contributed by atoms with E-state index in [4.69, 9.17) is 17.3 Å². The molecule has 2 heterocycles. The van der Waals surface area contributed by atoms with Gasteiger partial charge in [0.05, 0.1) is 6.20 Å². The van der Waals surface area contributed by atoms with Gasteiger partial charge in [0.2, 0.25) is 0 Å². The van der Waals surface area contributed by atoms with Crippen molar-refractivity contribution >= 4 is 17.4 Å². The quantitative estimate of drug-likeness (QED) is 0.714. The van der Waals surface area contributed by atoms with E-state index in [9.17, 15) is 0 Å². The molecule has 2 aromatic heterocycles. The minimum atomic E-state index is 0.311. The third-order valence-electron chi connectivity index (χ3n) is 1.60. The summed E-state index contributed by atoms with van der Waals surface area (Å²) in [4.78, 5) is 0. The number of nitrogens with two attached hydrogens (primary N) is 1. The standard InChI is InChI=1S/C7H6ClN5/c8-6-1-5(7(9)13-12-6)4-2-10-11-3-4/h1-3H,(H2,9,13)(H,10,11). The number of halogens is 1. The van der Waals surface area contributed by atoms with E-state index in [-0.39, 0.29) is 0 Å². The third-order valence-corrected chi connectivity index (χ3v) is 1.79. The fraction of sp³-hybridized carbons (Fsp3) is 0. The van der Waals surface area contributed by atoms with E-state index in [1.54, 1.807) is 18.5 Å². The average Bonchev–Trinajstić information content (AvgIpc) is 2.61. The lowest BCUT2D eigenvalue weighted by atomic mass is 10.2. The minimum Gasteiger partial charge on any atom is -0.382 e. The smallest absolute Gasteiger partial charge is 0.154 e. The molecule has 6 heteroatoms. The fourth-order valence-corrected chi connectivity index (χ4v) is 1.15. The SMILES string of the molecule is Nc1nnc(Cl)cc1-c1cn[nH]c1. The molecule has 0 aliphatic heterocycles. The van der Waals surface area contributed by atoms with Crippen LogP contribution >= 0.6 is 11.6 Å². The molecule has 0 aliphatic rings. The van der Waals surface area contributed by atoms with Crippen molar-refractivity contribution in [2.45, 2.75) is 0 Å². The third kappa shape index (κ3) is 1.46. The molecule has 0 spiro atoms. The molecule has 0 saturated carbocycles. The summed E-state index contributed by atoms with van der Waals surface area (Å²) in [6.45, 7) is 0. The van der Waals surface area contributed by atoms with Gasteiger partial charge in [-0.1, -0.05) is 11.6 Å². The molecule has 13 heavy (non-hydrogen) atoms. The van der Waals surface area contributed by atoms with E-state index in [0.29, 0.717) is 11.0 Å². The predicted octanol–water partition coefficient (Wildman–Crippen LogP) is 1.10. The second-order valence-corrected chi connectivity index (χ2v) is 2.84. The van der Waals surface area contributed by atoms with Crippen LogP contribution in [0, 0.1) is 0 Å². The molecule has 0 amide bonds. The number of anilines is 1. The van der Waals surface area contributed by atoms with Crippen LogP contribution in [0.3, 0.4) is 0 Å². The summed E-state index contributed by atoms with van der Waals surface area (Å²) in [5, 5.41) is 14.1. The van der Waals surface area contributed by atoms with Gasteiger partial charge in [0, 0.05) is 17.3 Å². The van der Waals surface area contributed by atoms with Crippen LogP contribution in [0.1, 0.15) is 0 Å². The van der Waals surface area contributed by atoms with Crippen molar-refractivity contribution < 1.29 is 0 Å². The number of nitrogens with one attached hydrogen (secondary N) is 1. The lowest BCUT2D eigenvalue weighted by Crippen LogP contribution is -1.95. The molecule has 0 unspecified atom stereocenters. The van der Waals surface area contributed by atoms with Crippen LogP contribution in [-0.2, 0) is 0 Å². The van der Waals surface area contributed by atoms with Crippen molar-refractivity contribution in [2.24, 2.45) is 0 Å². The Bertz CT molecular complexity index is 411. The number of aromatic amines is 1. The van der Waals surface area contributed by atoms with E-state index in [0.717, 1.165) is 11.1 Å². The van der Waals surface area contributed by atoms with Gasteiger partial charge in [-0.15, -0.1) is 10.2 Å². The molecule has 0 radical (unpaired) electrons. The van der Waals surface area contributed by atoms with Crippen LogP contribution in [0.4, 0.5) is 5.82 Å². The summed E-state index contributed by atoms with van der Waals surface area (Å²) in [7, 11) is 0. The van der Waals surface area contributed by atoms with Gasteiger partial charge in [-0.2, -0.15) is 5.10 Å². The Balaban J connectivity index is 2.57. The molecule has 66 valence electrons. The van der Waals surface area contributed by atoms with Crippen molar-refractivity contribution in [1.82, 2.24) is 20.4 Å². The molecule has 3 N–H and O–H groups in total. The second-order valence-electron chi connectivity index (χ2n) is 2.45. The fourth-order valence-electron chi connectivity index (χ4n) is 1.01. The molecule has 0 saturated heterocycles. The first-order valence-electron chi connectivity index (χ1n) is 3.55. The number of nitrogen functional groups attached to an aromatic ring is 1. The van der Waals surface area contributed by atoms with Crippen molar-refractivity contribution in [3.63, 3.8) is 0 Å². The van der Waals surface area contributed by atoms with Crippen molar-refractivity contribution in [2.75, 3.05) is 5.73 Å². The molecule has 0 atom stereocenters. The maximum Gasteiger partial charge on any atom is 0.154 e. The number of hydrogen-bond acceptors (Lipinski definition) is 4. The monoisotopic (exact) mass is 195 g/mol. The predicted molar refractivity (Wildman–Crippen MR) is 49.0 cm³/mol. The normalized spacial score (nSPS) is 10.2. The van der Waals surface area contributed by atoms with E-state index >= 15 is 0 Å². The highest BCUT2D eigenvalue weighted by atomic mass is 35.5. The summed E-state index contributed by atoms with van der Waals surface area (Å²) in [6.07, 6.45) is 3.35. The van der Waals surface area contributed by atoms with E-state index in [1.807, 2.05) is 0 Å². The summed E-state index contributed by atoms with van der Waals surface area (Å²) in [5.74, 6) is 0.339. The summed E-state index contributed by atoms with van der Waals surface area (Å²) in [6, 6.07) is 1.65. The van der Waals surface area contributed by atoms with Gasteiger partial charge < -0.3 is 5.73 Å². The molecule has 0 aliphatic carbocycles. The Morgan fingerprint density at radius 1 is 1.38 bits per heavy atom. The number of rotatable bonds is 1. The number of aromatic nitrogens is 4. The zero-order valence-electron chi connectivity index (χ0n) is 6.53. The first-order valence-corrected chi connectivity index (χ1v) is 3.93. The summed E-state index contributed by atoms with van der Waals surface area (Å²) < 4.78 is 0. The van der Waals surface area contributed by atoms with Crippen LogP contribution in [0.2, 0.25) is 5.15 Å². The number of hydrogen-bond donors (Lipinski definition) is 2. The van der Waals surface area contributed by atoms with Crippen molar-refractivity contribution in [3.8, 4) is 11.1 Å². The summed E-state index contributed by atoms with van der Waals surface area (Å²) >= 11 is 5.67. The Hall–Kier alpha value is -1.62. The van der Waals surface area contributed by atoms with Crippen LogP contribution in [0.25, 0.3) is 11.1 Å². The highest BCUT2D eigenvalue weighted by Gasteiger charge is 2.06. The maximum absolute atomic E-state index is 5.67. The van der Waals surface area contributed by atoms with Crippen LogP contribution < -0.4 is 5.73 Å². The van der Waals surface area contributed by atoms with Gasteiger partial charge in [0.25, 0.3) is 0 Å². The Morgan fingerprint density at radius 2 is 2.23 bits per heavy atom. The Kier molecular flexibility index (Phi) is 1.86. The van der Waals surface area contributed by atoms with Crippen LogP contribution in [-0.4, -0.2) is 20.4 Å². The van der Waals surface area contributed by atoms with Crippen molar-refractivity contribution in [3.05, 3.63) is 23.6 Å². The topological polar surface area (TPSA) is 80.5 Å². The van der Waals surface area contributed by atoms with Gasteiger partial charge in [-0.3, -0.25) is 5.10 Å². The molecule has 2 aromatic rings. The molecule has 0 bridgehead atoms. The van der Waals surface area contributed by atoms with Crippen molar-refractivity contribution in [1.29, 1.82) is 0 Å². The highest BCUT2D eigenvalue weighted by molar-refractivity contribution is 6.29. The molecular weight excluding hydrogens is 190 g/mol. The van der Waals surface area contributed by atoms with Crippen LogP contribution in [0.5, 0.6) is 0 Å². The Morgan fingerprint density at radius 3 is 2.92 bits per heavy atom. The lowest BCUT2D eigenvalue weighted by Gasteiger charge is -1.99. The molecule has 0 aromatic carbocycles. The zero-order valence-corrected chi connectivity index (χ0v) is 7.28. The van der Waals surface area contributed by atoms with Gasteiger partial charge in [0.15, 0.2) is 11.0 Å². The average molecular weight is 196 g/mol. The molecule has 5 nitrogen and oxygen atoms in total. The molecular formula is C7H6ClN5. The van der Waals surface area contributed by atoms with Gasteiger partial charge in [-0.05, 0) is 6.07 Å². The highest BCUT2D eigenvalue weighted by Crippen LogP contribution is 2.24. The summed E-state index contributed by atoms with van der Waals surface area (Å²) in [5.41, 5.74) is 7.18.